The Hall–Kier alpha value is -4.78. The number of anilines is 4. The summed E-state index contributed by atoms with van der Waals surface area (Å²) in [6.07, 6.45) is 0. The SMILES string of the molecule is COc1cccc(CNc2nc(NCc3ccccc3)nc(Nc3cccc(C(=O)NCCOCCOCCN)c3)n2)c1. The molecule has 0 aliphatic carbocycles. The third kappa shape index (κ3) is 10.9. The molecular weight excluding hydrogens is 548 g/mol. The molecule has 0 fully saturated rings. The number of carbonyl (C=O) groups is 1. The molecule has 0 aliphatic heterocycles. The first-order valence-electron chi connectivity index (χ1n) is 14.0. The first kappa shape index (κ1) is 31.2. The van der Waals surface area contributed by atoms with E-state index in [0.29, 0.717) is 81.7 Å². The molecule has 12 heteroatoms. The molecule has 4 rings (SSSR count). The molecule has 0 spiro atoms. The number of nitrogens with two attached hydrogens (primary N) is 1. The van der Waals surface area contributed by atoms with Gasteiger partial charge in [-0.1, -0.05) is 48.5 Å². The lowest BCUT2D eigenvalue weighted by Crippen LogP contribution is -2.27. The third-order valence-corrected chi connectivity index (χ3v) is 6.06. The van der Waals surface area contributed by atoms with Gasteiger partial charge in [0.05, 0.1) is 33.5 Å². The van der Waals surface area contributed by atoms with E-state index in [4.69, 9.17) is 19.9 Å². The third-order valence-electron chi connectivity index (χ3n) is 6.06. The van der Waals surface area contributed by atoms with E-state index < -0.39 is 0 Å². The first-order chi connectivity index (χ1) is 21.1. The van der Waals surface area contributed by atoms with Gasteiger partial charge in [-0.25, -0.2) is 0 Å². The molecule has 0 radical (unpaired) electrons. The van der Waals surface area contributed by atoms with Crippen LogP contribution in [0.2, 0.25) is 0 Å². The highest BCUT2D eigenvalue weighted by Crippen LogP contribution is 2.19. The Morgan fingerprint density at radius 2 is 1.42 bits per heavy atom. The van der Waals surface area contributed by atoms with Gasteiger partial charge in [0.1, 0.15) is 5.75 Å². The van der Waals surface area contributed by atoms with Crippen molar-refractivity contribution >= 4 is 29.4 Å². The lowest BCUT2D eigenvalue weighted by molar-refractivity contribution is 0.0511. The number of amides is 1. The second kappa shape index (κ2) is 17.2. The molecule has 43 heavy (non-hydrogen) atoms. The van der Waals surface area contributed by atoms with Gasteiger partial charge in [-0.3, -0.25) is 4.79 Å². The van der Waals surface area contributed by atoms with E-state index in [9.17, 15) is 4.79 Å². The number of nitrogens with one attached hydrogen (secondary N) is 4. The van der Waals surface area contributed by atoms with E-state index in [1.165, 1.54) is 0 Å². The summed E-state index contributed by atoms with van der Waals surface area (Å²) in [7, 11) is 1.64. The fourth-order valence-corrected chi connectivity index (χ4v) is 3.94. The molecule has 0 atom stereocenters. The molecule has 1 amide bonds. The van der Waals surface area contributed by atoms with Crippen LogP contribution in [0.3, 0.4) is 0 Å². The topological polar surface area (TPSA) is 158 Å². The standard InChI is InChI=1S/C31H38N8O4/c1-41-27-12-5-9-24(19-27)22-35-30-37-29(34-21-23-7-3-2-4-8-23)38-31(39-30)36-26-11-6-10-25(20-26)28(40)33-14-16-43-18-17-42-15-13-32/h2-12,19-20H,13-18,21-22,32H2,1H3,(H,33,40)(H3,34,35,36,37,38,39). The van der Waals surface area contributed by atoms with Crippen LogP contribution in [0.15, 0.2) is 78.9 Å². The van der Waals surface area contributed by atoms with Crippen LogP contribution < -0.4 is 31.7 Å². The Bertz CT molecular complexity index is 1420. The van der Waals surface area contributed by atoms with E-state index >= 15 is 0 Å². The fourth-order valence-electron chi connectivity index (χ4n) is 3.94. The van der Waals surface area contributed by atoms with Crippen LogP contribution in [0.1, 0.15) is 21.5 Å². The highest BCUT2D eigenvalue weighted by Gasteiger charge is 2.10. The Morgan fingerprint density at radius 1 is 0.744 bits per heavy atom. The maximum atomic E-state index is 12.7. The van der Waals surface area contributed by atoms with Gasteiger partial charge < -0.3 is 41.2 Å². The summed E-state index contributed by atoms with van der Waals surface area (Å²) in [4.78, 5) is 26.4. The van der Waals surface area contributed by atoms with Gasteiger partial charge in [-0.15, -0.1) is 0 Å². The van der Waals surface area contributed by atoms with Crippen LogP contribution in [0.4, 0.5) is 23.5 Å². The van der Waals surface area contributed by atoms with Gasteiger partial charge in [0.15, 0.2) is 0 Å². The number of aromatic nitrogens is 3. The summed E-state index contributed by atoms with van der Waals surface area (Å²) in [5.41, 5.74) is 8.63. The number of methoxy groups -OCH3 is 1. The van der Waals surface area contributed by atoms with Crippen molar-refractivity contribution in [1.29, 1.82) is 0 Å². The first-order valence-corrected chi connectivity index (χ1v) is 14.0. The second-order valence-corrected chi connectivity index (χ2v) is 9.33. The van der Waals surface area contributed by atoms with Crippen molar-refractivity contribution in [2.24, 2.45) is 5.73 Å². The van der Waals surface area contributed by atoms with Crippen LogP contribution in [0.25, 0.3) is 0 Å². The lowest BCUT2D eigenvalue weighted by atomic mass is 10.2. The Balaban J connectivity index is 1.40. The second-order valence-electron chi connectivity index (χ2n) is 9.33. The normalized spacial score (nSPS) is 10.7. The van der Waals surface area contributed by atoms with Gasteiger partial charge in [-0.2, -0.15) is 15.0 Å². The molecule has 0 aliphatic rings. The number of hydrogen-bond acceptors (Lipinski definition) is 11. The average Bonchev–Trinajstić information content (AvgIpc) is 3.04. The zero-order valence-corrected chi connectivity index (χ0v) is 24.2. The van der Waals surface area contributed by atoms with Crippen molar-refractivity contribution in [3.8, 4) is 5.75 Å². The predicted molar refractivity (Wildman–Crippen MR) is 167 cm³/mol. The average molecular weight is 587 g/mol. The zero-order valence-electron chi connectivity index (χ0n) is 24.2. The van der Waals surface area contributed by atoms with Gasteiger partial charge in [0.25, 0.3) is 5.91 Å². The predicted octanol–water partition coefficient (Wildman–Crippen LogP) is 3.57. The van der Waals surface area contributed by atoms with Crippen LogP contribution in [-0.4, -0.2) is 67.5 Å². The summed E-state index contributed by atoms with van der Waals surface area (Å²) in [6, 6.07) is 24.8. The minimum atomic E-state index is -0.215. The molecule has 0 bridgehead atoms. The van der Waals surface area contributed by atoms with Crippen molar-refractivity contribution in [2.75, 3.05) is 62.6 Å². The Kier molecular flexibility index (Phi) is 12.5. The van der Waals surface area contributed by atoms with Crippen molar-refractivity contribution in [3.05, 3.63) is 95.6 Å². The van der Waals surface area contributed by atoms with E-state index in [2.05, 4.69) is 36.2 Å². The molecule has 1 heterocycles. The van der Waals surface area contributed by atoms with Crippen molar-refractivity contribution in [2.45, 2.75) is 13.1 Å². The minimum Gasteiger partial charge on any atom is -0.497 e. The zero-order chi connectivity index (χ0) is 30.1. The highest BCUT2D eigenvalue weighted by molar-refractivity contribution is 5.95. The van der Waals surface area contributed by atoms with Gasteiger partial charge >= 0.3 is 0 Å². The number of ether oxygens (including phenoxy) is 3. The Labute approximate surface area is 251 Å². The number of nitrogens with zero attached hydrogens (tertiary/aromatic N) is 3. The van der Waals surface area contributed by atoms with Crippen LogP contribution in [-0.2, 0) is 22.6 Å². The molecule has 0 saturated carbocycles. The molecule has 4 aromatic rings. The number of rotatable bonds is 18. The van der Waals surface area contributed by atoms with E-state index in [-0.39, 0.29) is 5.91 Å². The fraction of sp³-hybridized carbons (Fsp3) is 0.290. The number of carbonyl (C=O) groups excluding carboxylic acids is 1. The van der Waals surface area contributed by atoms with Crippen molar-refractivity contribution in [3.63, 3.8) is 0 Å². The quantitative estimate of drug-likeness (QED) is 0.109. The maximum Gasteiger partial charge on any atom is 0.251 e. The molecule has 6 N–H and O–H groups in total. The molecule has 0 unspecified atom stereocenters. The summed E-state index contributed by atoms with van der Waals surface area (Å²) >= 11 is 0. The number of benzene rings is 3. The molecule has 12 nitrogen and oxygen atoms in total. The van der Waals surface area contributed by atoms with Crippen LogP contribution in [0, 0.1) is 0 Å². The van der Waals surface area contributed by atoms with Gasteiger partial charge in [0, 0.05) is 37.4 Å². The molecular formula is C31H38N8O4. The minimum absolute atomic E-state index is 0.215. The smallest absolute Gasteiger partial charge is 0.251 e. The van der Waals surface area contributed by atoms with E-state index in [0.717, 1.165) is 16.9 Å². The van der Waals surface area contributed by atoms with Crippen molar-refractivity contribution < 1.29 is 19.0 Å². The summed E-state index contributed by atoms with van der Waals surface area (Å²) < 4.78 is 16.1. The highest BCUT2D eigenvalue weighted by atomic mass is 16.5. The van der Waals surface area contributed by atoms with E-state index in [1.54, 1.807) is 25.3 Å². The van der Waals surface area contributed by atoms with Crippen molar-refractivity contribution in [1.82, 2.24) is 20.3 Å². The largest absolute Gasteiger partial charge is 0.497 e. The van der Waals surface area contributed by atoms with E-state index in [1.807, 2.05) is 60.7 Å². The van der Waals surface area contributed by atoms with Crippen LogP contribution >= 0.6 is 0 Å². The monoisotopic (exact) mass is 586 g/mol. The van der Waals surface area contributed by atoms with Crippen LogP contribution in [0.5, 0.6) is 5.75 Å². The Morgan fingerprint density at radius 3 is 2.16 bits per heavy atom. The summed E-state index contributed by atoms with van der Waals surface area (Å²) in [6.45, 7) is 3.67. The molecule has 3 aromatic carbocycles. The van der Waals surface area contributed by atoms with Gasteiger partial charge in [0.2, 0.25) is 17.8 Å². The summed E-state index contributed by atoms with van der Waals surface area (Å²) in [5, 5.41) is 12.6. The maximum absolute atomic E-state index is 12.7. The molecule has 226 valence electrons. The lowest BCUT2D eigenvalue weighted by Gasteiger charge is -2.13. The molecule has 1 aromatic heterocycles. The number of hydrogen-bond donors (Lipinski definition) is 5. The summed E-state index contributed by atoms with van der Waals surface area (Å²) in [5.74, 6) is 1.66. The van der Waals surface area contributed by atoms with Gasteiger partial charge in [-0.05, 0) is 41.5 Å². The molecule has 0 saturated heterocycles.